The number of hydrogen-bond acceptors (Lipinski definition) is 3. The third-order valence-electron chi connectivity index (χ3n) is 2.85. The molecule has 0 atom stereocenters. The van der Waals surface area contributed by atoms with Crippen LogP contribution in [0.4, 0.5) is 8.78 Å². The standard InChI is InChI=1S/C17H10F2N2O/c18-16-5-2-6-17(19)15(16)11-22-14-4-1-3-12(8-14)7-13(9-20)10-21/h1-8H,11H2. The average Bonchev–Trinajstić information content (AvgIpc) is 2.52. The van der Waals surface area contributed by atoms with E-state index >= 15 is 0 Å². The lowest BCUT2D eigenvalue weighted by Gasteiger charge is -2.08. The smallest absolute Gasteiger partial charge is 0.132 e. The molecular weight excluding hydrogens is 286 g/mol. The number of benzene rings is 2. The molecule has 5 heteroatoms. The summed E-state index contributed by atoms with van der Waals surface area (Å²) in [5, 5.41) is 17.4. The molecule has 0 spiro atoms. The number of ether oxygens (including phenoxy) is 1. The summed E-state index contributed by atoms with van der Waals surface area (Å²) in [7, 11) is 0. The zero-order valence-corrected chi connectivity index (χ0v) is 11.4. The molecule has 0 bridgehead atoms. The van der Waals surface area contributed by atoms with Crippen molar-refractivity contribution in [1.29, 1.82) is 10.5 Å². The molecule has 22 heavy (non-hydrogen) atoms. The van der Waals surface area contributed by atoms with Gasteiger partial charge in [0.25, 0.3) is 0 Å². The van der Waals surface area contributed by atoms with Gasteiger partial charge in [0.05, 0.1) is 5.56 Å². The van der Waals surface area contributed by atoms with Crippen molar-refractivity contribution in [2.24, 2.45) is 0 Å². The van der Waals surface area contributed by atoms with Crippen LogP contribution in [-0.4, -0.2) is 0 Å². The molecule has 0 N–H and O–H groups in total. The fraction of sp³-hybridized carbons (Fsp3) is 0.0588. The lowest BCUT2D eigenvalue weighted by molar-refractivity contribution is 0.292. The second kappa shape index (κ2) is 7.01. The summed E-state index contributed by atoms with van der Waals surface area (Å²) in [5.41, 5.74) is 0.389. The minimum atomic E-state index is -0.674. The van der Waals surface area contributed by atoms with Gasteiger partial charge in [0.1, 0.15) is 41.7 Å². The normalized spacial score (nSPS) is 9.45. The minimum Gasteiger partial charge on any atom is -0.489 e. The van der Waals surface area contributed by atoms with E-state index < -0.39 is 11.6 Å². The Morgan fingerprint density at radius 2 is 1.68 bits per heavy atom. The van der Waals surface area contributed by atoms with Gasteiger partial charge >= 0.3 is 0 Å². The second-order valence-electron chi connectivity index (χ2n) is 4.34. The van der Waals surface area contributed by atoms with E-state index in [4.69, 9.17) is 15.3 Å². The first-order valence-electron chi connectivity index (χ1n) is 6.31. The van der Waals surface area contributed by atoms with E-state index in [2.05, 4.69) is 0 Å². The first-order valence-corrected chi connectivity index (χ1v) is 6.31. The average molecular weight is 296 g/mol. The minimum absolute atomic E-state index is 0.0442. The highest BCUT2D eigenvalue weighted by molar-refractivity contribution is 5.62. The summed E-state index contributed by atoms with van der Waals surface area (Å²) in [6, 6.07) is 13.6. The molecule has 0 fully saturated rings. The molecule has 0 unspecified atom stereocenters. The van der Waals surface area contributed by atoms with Crippen LogP contribution in [0.1, 0.15) is 11.1 Å². The molecule has 2 aromatic carbocycles. The number of halogens is 2. The third kappa shape index (κ3) is 3.68. The van der Waals surface area contributed by atoms with Crippen LogP contribution in [0.25, 0.3) is 6.08 Å². The summed E-state index contributed by atoms with van der Waals surface area (Å²) in [4.78, 5) is 0. The van der Waals surface area contributed by atoms with Gasteiger partial charge in [-0.3, -0.25) is 0 Å². The van der Waals surface area contributed by atoms with Crippen molar-refractivity contribution < 1.29 is 13.5 Å². The van der Waals surface area contributed by atoms with Crippen molar-refractivity contribution in [3.8, 4) is 17.9 Å². The molecule has 0 aromatic heterocycles. The van der Waals surface area contributed by atoms with Crippen molar-refractivity contribution >= 4 is 6.08 Å². The van der Waals surface area contributed by atoms with Crippen LogP contribution < -0.4 is 4.74 Å². The highest BCUT2D eigenvalue weighted by Gasteiger charge is 2.09. The Kier molecular flexibility index (Phi) is 4.85. The lowest BCUT2D eigenvalue weighted by Crippen LogP contribution is -2.01. The first-order chi connectivity index (χ1) is 10.6. The fourth-order valence-corrected chi connectivity index (χ4v) is 1.78. The van der Waals surface area contributed by atoms with Crippen LogP contribution in [0, 0.1) is 34.3 Å². The lowest BCUT2D eigenvalue weighted by atomic mass is 10.1. The number of allylic oxidation sites excluding steroid dienone is 1. The van der Waals surface area contributed by atoms with Crippen LogP contribution in [0.5, 0.6) is 5.75 Å². The Morgan fingerprint density at radius 1 is 1.05 bits per heavy atom. The van der Waals surface area contributed by atoms with Gasteiger partial charge in [-0.2, -0.15) is 10.5 Å². The predicted octanol–water partition coefficient (Wildman–Crippen LogP) is 3.97. The Balaban J connectivity index is 2.17. The maximum Gasteiger partial charge on any atom is 0.132 e. The molecule has 3 nitrogen and oxygen atoms in total. The van der Waals surface area contributed by atoms with E-state index in [0.29, 0.717) is 11.3 Å². The van der Waals surface area contributed by atoms with Gasteiger partial charge in [0, 0.05) is 0 Å². The molecule has 0 aliphatic rings. The van der Waals surface area contributed by atoms with E-state index in [1.54, 1.807) is 36.4 Å². The SMILES string of the molecule is N#CC(C#N)=Cc1cccc(OCc2c(F)cccc2F)c1. The topological polar surface area (TPSA) is 56.8 Å². The van der Waals surface area contributed by atoms with Gasteiger partial charge in [0.2, 0.25) is 0 Å². The highest BCUT2D eigenvalue weighted by Crippen LogP contribution is 2.19. The molecular formula is C17H10F2N2O. The van der Waals surface area contributed by atoms with Gasteiger partial charge in [-0.05, 0) is 35.9 Å². The molecule has 0 radical (unpaired) electrons. The number of hydrogen-bond donors (Lipinski definition) is 0. The third-order valence-corrected chi connectivity index (χ3v) is 2.85. The highest BCUT2D eigenvalue weighted by atomic mass is 19.1. The van der Waals surface area contributed by atoms with Gasteiger partial charge < -0.3 is 4.74 Å². The van der Waals surface area contributed by atoms with Crippen LogP contribution in [-0.2, 0) is 6.61 Å². The van der Waals surface area contributed by atoms with E-state index in [9.17, 15) is 8.78 Å². The molecule has 108 valence electrons. The van der Waals surface area contributed by atoms with Crippen molar-refractivity contribution in [2.45, 2.75) is 6.61 Å². The zero-order valence-electron chi connectivity index (χ0n) is 11.4. The van der Waals surface area contributed by atoms with Crippen molar-refractivity contribution in [3.05, 3.63) is 70.8 Å². The molecule has 0 heterocycles. The van der Waals surface area contributed by atoms with Gasteiger partial charge in [-0.25, -0.2) is 8.78 Å². The second-order valence-corrected chi connectivity index (χ2v) is 4.34. The molecule has 2 aromatic rings. The fourth-order valence-electron chi connectivity index (χ4n) is 1.78. The first kappa shape index (κ1) is 15.2. The van der Waals surface area contributed by atoms with E-state index in [0.717, 1.165) is 12.1 Å². The molecule has 0 saturated heterocycles. The Morgan fingerprint density at radius 3 is 2.32 bits per heavy atom. The van der Waals surface area contributed by atoms with Crippen LogP contribution in [0.15, 0.2) is 48.0 Å². The monoisotopic (exact) mass is 296 g/mol. The van der Waals surface area contributed by atoms with Crippen LogP contribution >= 0.6 is 0 Å². The molecule has 0 aliphatic carbocycles. The van der Waals surface area contributed by atoms with Gasteiger partial charge in [-0.1, -0.05) is 18.2 Å². The Bertz CT molecular complexity index is 765. The number of nitrogens with zero attached hydrogens (tertiary/aromatic N) is 2. The van der Waals surface area contributed by atoms with Crippen LogP contribution in [0.3, 0.4) is 0 Å². The van der Waals surface area contributed by atoms with Gasteiger partial charge in [-0.15, -0.1) is 0 Å². The molecule has 2 rings (SSSR count). The quantitative estimate of drug-likeness (QED) is 0.802. The summed E-state index contributed by atoms with van der Waals surface area (Å²) in [5.74, 6) is -0.966. The summed E-state index contributed by atoms with van der Waals surface area (Å²) >= 11 is 0. The summed E-state index contributed by atoms with van der Waals surface area (Å²) < 4.78 is 32.4. The molecule has 0 aliphatic heterocycles. The van der Waals surface area contributed by atoms with E-state index in [1.165, 1.54) is 12.1 Å². The van der Waals surface area contributed by atoms with Crippen molar-refractivity contribution in [2.75, 3.05) is 0 Å². The van der Waals surface area contributed by atoms with Crippen LogP contribution in [0.2, 0.25) is 0 Å². The summed E-state index contributed by atoms with van der Waals surface area (Å²) in [6.07, 6.45) is 1.40. The maximum absolute atomic E-state index is 13.5. The number of nitriles is 2. The van der Waals surface area contributed by atoms with E-state index in [-0.39, 0.29) is 17.7 Å². The largest absolute Gasteiger partial charge is 0.489 e. The van der Waals surface area contributed by atoms with Crippen molar-refractivity contribution in [1.82, 2.24) is 0 Å². The summed E-state index contributed by atoms with van der Waals surface area (Å²) in [6.45, 7) is -0.255. The predicted molar refractivity (Wildman–Crippen MR) is 76.3 cm³/mol. The number of rotatable bonds is 4. The van der Waals surface area contributed by atoms with Gasteiger partial charge in [0.15, 0.2) is 0 Å². The molecule has 0 saturated carbocycles. The Labute approximate surface area is 126 Å². The maximum atomic E-state index is 13.5. The zero-order chi connectivity index (χ0) is 15.9. The molecule has 0 amide bonds. The van der Waals surface area contributed by atoms with Crippen molar-refractivity contribution in [3.63, 3.8) is 0 Å². The Hall–Kier alpha value is -3.18. The van der Waals surface area contributed by atoms with E-state index in [1.807, 2.05) is 0 Å².